The number of rotatable bonds is 2. The zero-order valence-electron chi connectivity index (χ0n) is 9.28. The van der Waals surface area contributed by atoms with Crippen molar-refractivity contribution in [2.24, 2.45) is 4.99 Å². The van der Waals surface area contributed by atoms with Gasteiger partial charge in [0.15, 0.2) is 6.29 Å². The van der Waals surface area contributed by atoms with E-state index in [-0.39, 0.29) is 17.8 Å². The third-order valence-corrected chi connectivity index (χ3v) is 3.94. The molecular formula is C13H13NO2S. The summed E-state index contributed by atoms with van der Waals surface area (Å²) in [5.41, 5.74) is 1.11. The first kappa shape index (κ1) is 11.0. The summed E-state index contributed by atoms with van der Waals surface area (Å²) < 4.78 is 11.6. The van der Waals surface area contributed by atoms with Gasteiger partial charge in [0.2, 0.25) is 0 Å². The molecule has 88 valence electrons. The molecule has 2 heterocycles. The van der Waals surface area contributed by atoms with E-state index in [2.05, 4.69) is 11.6 Å². The Morgan fingerprint density at radius 2 is 2.18 bits per heavy atom. The van der Waals surface area contributed by atoms with E-state index in [1.54, 1.807) is 17.8 Å². The minimum atomic E-state index is -0.274. The highest BCUT2D eigenvalue weighted by Crippen LogP contribution is 2.37. The molecule has 0 aliphatic carbocycles. The maximum Gasteiger partial charge on any atom is 0.185 e. The molecule has 0 saturated carbocycles. The van der Waals surface area contributed by atoms with Crippen molar-refractivity contribution in [3.8, 4) is 0 Å². The second-order valence-corrected chi connectivity index (χ2v) is 5.06. The summed E-state index contributed by atoms with van der Waals surface area (Å²) in [7, 11) is 0. The monoisotopic (exact) mass is 247 g/mol. The second kappa shape index (κ2) is 4.64. The lowest BCUT2D eigenvalue weighted by Crippen LogP contribution is -2.34. The first-order valence-electron chi connectivity index (χ1n) is 5.56. The average Bonchev–Trinajstić information content (AvgIpc) is 2.81. The molecule has 1 aromatic rings. The predicted molar refractivity (Wildman–Crippen MR) is 69.0 cm³/mol. The van der Waals surface area contributed by atoms with Crippen LogP contribution in [0.25, 0.3) is 0 Å². The quantitative estimate of drug-likeness (QED) is 0.805. The van der Waals surface area contributed by atoms with Crippen molar-refractivity contribution in [1.82, 2.24) is 0 Å². The Hall–Kier alpha value is -1.10. The molecule has 0 aromatic heterocycles. The van der Waals surface area contributed by atoms with E-state index in [0.29, 0.717) is 6.61 Å². The molecule has 0 N–H and O–H groups in total. The lowest BCUT2D eigenvalue weighted by molar-refractivity contribution is -0.199. The molecule has 0 radical (unpaired) electrons. The van der Waals surface area contributed by atoms with Crippen molar-refractivity contribution < 1.29 is 9.47 Å². The topological polar surface area (TPSA) is 30.8 Å². The van der Waals surface area contributed by atoms with E-state index in [0.717, 1.165) is 10.6 Å². The highest BCUT2D eigenvalue weighted by molar-refractivity contribution is 8.15. The van der Waals surface area contributed by atoms with Crippen LogP contribution in [-0.2, 0) is 9.47 Å². The molecule has 2 aliphatic heterocycles. The Morgan fingerprint density at radius 1 is 1.35 bits per heavy atom. The van der Waals surface area contributed by atoms with Gasteiger partial charge in [0.05, 0.1) is 11.7 Å². The molecule has 17 heavy (non-hydrogen) atoms. The van der Waals surface area contributed by atoms with Crippen molar-refractivity contribution in [2.45, 2.75) is 17.8 Å². The predicted octanol–water partition coefficient (Wildman–Crippen LogP) is 2.76. The van der Waals surface area contributed by atoms with Gasteiger partial charge in [-0.3, -0.25) is 4.99 Å². The molecule has 0 spiro atoms. The Balaban J connectivity index is 1.72. The van der Waals surface area contributed by atoms with Crippen molar-refractivity contribution in [2.75, 3.05) is 6.61 Å². The molecule has 1 fully saturated rings. The minimum Gasteiger partial charge on any atom is -0.346 e. The largest absolute Gasteiger partial charge is 0.346 e. The fourth-order valence-electron chi connectivity index (χ4n) is 1.92. The van der Waals surface area contributed by atoms with Gasteiger partial charge in [-0.15, -0.1) is 0 Å². The molecule has 0 bridgehead atoms. The molecule has 1 saturated heterocycles. The van der Waals surface area contributed by atoms with Gasteiger partial charge in [-0.1, -0.05) is 48.7 Å². The molecule has 0 amide bonds. The number of hydrogen-bond acceptors (Lipinski definition) is 4. The lowest BCUT2D eigenvalue weighted by Gasteiger charge is -2.30. The Morgan fingerprint density at radius 3 is 2.94 bits per heavy atom. The number of nitrogens with zero attached hydrogens (tertiary/aromatic N) is 1. The van der Waals surface area contributed by atoms with Gasteiger partial charge in [-0.25, -0.2) is 0 Å². The summed E-state index contributed by atoms with van der Waals surface area (Å²) in [5.74, 6) is 0. The number of benzene rings is 1. The highest BCUT2D eigenvalue weighted by Gasteiger charge is 2.37. The molecule has 4 heteroatoms. The van der Waals surface area contributed by atoms with E-state index in [1.807, 2.05) is 30.3 Å². The van der Waals surface area contributed by atoms with Crippen LogP contribution in [0.5, 0.6) is 0 Å². The molecule has 3 rings (SSSR count). The van der Waals surface area contributed by atoms with Crippen LogP contribution in [-0.4, -0.2) is 23.1 Å². The van der Waals surface area contributed by atoms with Crippen LogP contribution in [0.3, 0.4) is 0 Å². The average molecular weight is 247 g/mol. The molecule has 2 aliphatic rings. The first-order valence-corrected chi connectivity index (χ1v) is 6.43. The van der Waals surface area contributed by atoms with Crippen molar-refractivity contribution in [3.05, 3.63) is 48.6 Å². The van der Waals surface area contributed by atoms with Crippen molar-refractivity contribution >= 4 is 16.8 Å². The Bertz CT molecular complexity index is 446. The van der Waals surface area contributed by atoms with Gasteiger partial charge < -0.3 is 9.47 Å². The van der Waals surface area contributed by atoms with E-state index in [9.17, 15) is 0 Å². The van der Waals surface area contributed by atoms with Crippen LogP contribution in [0, 0.1) is 0 Å². The third kappa shape index (κ3) is 2.16. The lowest BCUT2D eigenvalue weighted by atomic mass is 10.2. The van der Waals surface area contributed by atoms with E-state index in [1.165, 1.54) is 0 Å². The SMILES string of the molecule is C=CC1=NC2COC(c3ccccc3)OC2S1. The van der Waals surface area contributed by atoms with Gasteiger partial charge in [0, 0.05) is 5.56 Å². The van der Waals surface area contributed by atoms with Crippen molar-refractivity contribution in [3.63, 3.8) is 0 Å². The number of hydrogen-bond donors (Lipinski definition) is 0. The van der Waals surface area contributed by atoms with Crippen LogP contribution in [0.4, 0.5) is 0 Å². The number of ether oxygens (including phenoxy) is 2. The van der Waals surface area contributed by atoms with Crippen LogP contribution in [0.2, 0.25) is 0 Å². The third-order valence-electron chi connectivity index (χ3n) is 2.77. The molecule has 3 unspecified atom stereocenters. The van der Waals surface area contributed by atoms with E-state index < -0.39 is 0 Å². The first-order chi connectivity index (χ1) is 8.36. The van der Waals surface area contributed by atoms with Gasteiger partial charge in [-0.2, -0.15) is 0 Å². The zero-order chi connectivity index (χ0) is 11.7. The number of fused-ring (bicyclic) bond motifs is 1. The van der Waals surface area contributed by atoms with E-state index >= 15 is 0 Å². The summed E-state index contributed by atoms with van der Waals surface area (Å²) in [5, 5.41) is 0.942. The number of thioether (sulfide) groups is 1. The second-order valence-electron chi connectivity index (χ2n) is 3.94. The Kier molecular flexibility index (Phi) is 3.01. The summed E-state index contributed by atoms with van der Waals surface area (Å²) in [6.45, 7) is 4.34. The van der Waals surface area contributed by atoms with Crippen LogP contribution in [0.15, 0.2) is 48.0 Å². The van der Waals surface area contributed by atoms with Gasteiger partial charge >= 0.3 is 0 Å². The fourth-order valence-corrected chi connectivity index (χ4v) is 2.90. The minimum absolute atomic E-state index is 0.0574. The number of aliphatic imine (C=N–C) groups is 1. The zero-order valence-corrected chi connectivity index (χ0v) is 10.1. The van der Waals surface area contributed by atoms with Gasteiger partial charge in [0.25, 0.3) is 0 Å². The maximum atomic E-state index is 5.91. The van der Waals surface area contributed by atoms with Gasteiger partial charge in [0.1, 0.15) is 11.5 Å². The standard InChI is InChI=1S/C13H13NO2S/c1-2-11-14-10-8-15-12(16-13(10)17-11)9-6-4-3-5-7-9/h2-7,10,12-13H,1,8H2. The molecule has 3 atom stereocenters. The van der Waals surface area contributed by atoms with E-state index in [4.69, 9.17) is 9.47 Å². The van der Waals surface area contributed by atoms with Gasteiger partial charge in [-0.05, 0) is 6.08 Å². The summed E-state index contributed by atoms with van der Waals surface area (Å²) >= 11 is 1.62. The van der Waals surface area contributed by atoms with Crippen LogP contribution >= 0.6 is 11.8 Å². The molecular weight excluding hydrogens is 234 g/mol. The van der Waals surface area contributed by atoms with Crippen LogP contribution < -0.4 is 0 Å². The molecule has 3 nitrogen and oxygen atoms in total. The fraction of sp³-hybridized carbons (Fsp3) is 0.308. The summed E-state index contributed by atoms with van der Waals surface area (Å²) in [4.78, 5) is 4.47. The highest BCUT2D eigenvalue weighted by atomic mass is 32.2. The normalized spacial score (nSPS) is 31.8. The summed E-state index contributed by atoms with van der Waals surface area (Å²) in [6, 6.07) is 10.1. The van der Waals surface area contributed by atoms with Crippen molar-refractivity contribution in [1.29, 1.82) is 0 Å². The smallest absolute Gasteiger partial charge is 0.185 e. The molecule has 1 aromatic carbocycles. The maximum absolute atomic E-state index is 5.91. The Labute approximate surface area is 105 Å². The summed E-state index contributed by atoms with van der Waals surface area (Å²) in [6.07, 6.45) is 1.49. The van der Waals surface area contributed by atoms with Crippen LogP contribution in [0.1, 0.15) is 11.9 Å².